The van der Waals surface area contributed by atoms with E-state index in [2.05, 4.69) is 4.98 Å². The topological polar surface area (TPSA) is 93.0 Å². The maximum Gasteiger partial charge on any atom is 0.237 e. The van der Waals surface area contributed by atoms with E-state index in [4.69, 9.17) is 25.4 Å². The van der Waals surface area contributed by atoms with Crippen LogP contribution in [0.3, 0.4) is 0 Å². The van der Waals surface area contributed by atoms with Gasteiger partial charge in [0.25, 0.3) is 0 Å². The maximum atomic E-state index is 14.5. The zero-order valence-corrected chi connectivity index (χ0v) is 22.1. The number of hydrogen-bond donors (Lipinski definition) is 1. The highest BCUT2D eigenvalue weighted by Gasteiger charge is 2.27. The van der Waals surface area contributed by atoms with Gasteiger partial charge in [0.2, 0.25) is 5.88 Å². The summed E-state index contributed by atoms with van der Waals surface area (Å²) in [6.07, 6.45) is 3.70. The van der Waals surface area contributed by atoms with Gasteiger partial charge in [-0.3, -0.25) is 9.36 Å². The van der Waals surface area contributed by atoms with Crippen LogP contribution < -0.4 is 15.2 Å². The lowest BCUT2D eigenvalue weighted by molar-refractivity contribution is 0.227. The second-order valence-corrected chi connectivity index (χ2v) is 9.67. The molecule has 198 valence electrons. The quantitative estimate of drug-likeness (QED) is 0.324. The van der Waals surface area contributed by atoms with Crippen LogP contribution in [0.1, 0.15) is 42.2 Å². The number of halogens is 1. The van der Waals surface area contributed by atoms with Crippen LogP contribution in [0.25, 0.3) is 22.5 Å². The maximum absolute atomic E-state index is 14.5. The van der Waals surface area contributed by atoms with Gasteiger partial charge in [-0.2, -0.15) is 5.10 Å². The predicted molar refractivity (Wildman–Crippen MR) is 147 cm³/mol. The molecule has 5 aromatic rings. The fourth-order valence-electron chi connectivity index (χ4n) is 5.13. The minimum atomic E-state index is -0.510. The van der Waals surface area contributed by atoms with Crippen LogP contribution in [-0.2, 0) is 26.6 Å². The highest BCUT2D eigenvalue weighted by atomic mass is 19.1. The molecule has 2 aromatic carbocycles. The van der Waals surface area contributed by atoms with Crippen molar-refractivity contribution in [2.45, 2.75) is 39.5 Å². The Morgan fingerprint density at radius 3 is 2.74 bits per heavy atom. The number of fused-ring (bicyclic) bond motifs is 7. The molecule has 8 nitrogen and oxygen atoms in total. The molecule has 1 aliphatic heterocycles. The third-order valence-corrected chi connectivity index (χ3v) is 6.97. The number of rotatable bonds is 4. The van der Waals surface area contributed by atoms with Gasteiger partial charge in [-0.05, 0) is 43.7 Å². The predicted octanol–water partition coefficient (Wildman–Crippen LogP) is 5.71. The summed E-state index contributed by atoms with van der Waals surface area (Å²) in [4.78, 5) is 4.44. The largest absolute Gasteiger partial charge is 0.482 e. The van der Waals surface area contributed by atoms with Crippen molar-refractivity contribution in [1.82, 2.24) is 24.5 Å². The lowest BCUT2D eigenvalue weighted by atomic mass is 9.94. The molecule has 1 aliphatic rings. The van der Waals surface area contributed by atoms with E-state index in [-0.39, 0.29) is 11.6 Å². The minimum Gasteiger partial charge on any atom is -0.482 e. The Kier molecular flexibility index (Phi) is 6.26. The van der Waals surface area contributed by atoms with Crippen molar-refractivity contribution in [2.24, 2.45) is 7.05 Å². The molecule has 2 N–H and O–H groups in total. The van der Waals surface area contributed by atoms with E-state index in [0.717, 1.165) is 39.2 Å². The molecule has 0 fully saturated rings. The number of benzene rings is 2. The van der Waals surface area contributed by atoms with Gasteiger partial charge in [-0.25, -0.2) is 9.37 Å². The van der Waals surface area contributed by atoms with Crippen molar-refractivity contribution >= 4 is 5.82 Å². The lowest BCUT2D eigenvalue weighted by Crippen LogP contribution is -2.10. The molecule has 2 bridgehead atoms. The first kappa shape index (κ1) is 24.7. The summed E-state index contributed by atoms with van der Waals surface area (Å²) < 4.78 is 30.8. The molecule has 0 radical (unpaired) electrons. The van der Waals surface area contributed by atoms with Crippen molar-refractivity contribution in [1.29, 1.82) is 0 Å². The molecule has 0 saturated heterocycles. The Morgan fingerprint density at radius 2 is 1.95 bits per heavy atom. The van der Waals surface area contributed by atoms with E-state index >= 15 is 0 Å². The van der Waals surface area contributed by atoms with Crippen LogP contribution in [-0.4, -0.2) is 24.5 Å². The number of nitrogen functional groups attached to an aromatic ring is 1. The minimum absolute atomic E-state index is 0.254. The number of ether oxygens (including phenoxy) is 2. The number of aryl methyl sites for hydroxylation is 2. The Bertz CT molecular complexity index is 1660. The average Bonchev–Trinajstić information content (AvgIpc) is 3.48. The monoisotopic (exact) mass is 524 g/mol. The summed E-state index contributed by atoms with van der Waals surface area (Å²) in [5, 5.41) is 9.65. The third-order valence-electron chi connectivity index (χ3n) is 6.97. The van der Waals surface area contributed by atoms with Gasteiger partial charge in [-0.15, -0.1) is 5.10 Å². The molecule has 6 rings (SSSR count). The first-order valence-electron chi connectivity index (χ1n) is 12.9. The highest BCUT2D eigenvalue weighted by molar-refractivity contribution is 5.73. The van der Waals surface area contributed by atoms with Gasteiger partial charge < -0.3 is 15.2 Å². The van der Waals surface area contributed by atoms with Crippen LogP contribution in [0.5, 0.6) is 11.6 Å². The van der Waals surface area contributed by atoms with Crippen molar-refractivity contribution in [2.75, 3.05) is 5.73 Å². The smallest absolute Gasteiger partial charge is 0.237 e. The highest BCUT2D eigenvalue weighted by Crippen LogP contribution is 2.40. The van der Waals surface area contributed by atoms with Gasteiger partial charge in [0.15, 0.2) is 11.6 Å². The van der Waals surface area contributed by atoms with Crippen LogP contribution in [0.2, 0.25) is 0 Å². The first-order chi connectivity index (χ1) is 18.9. The first-order valence-corrected chi connectivity index (χ1v) is 12.9. The van der Waals surface area contributed by atoms with Crippen molar-refractivity contribution in [3.05, 3.63) is 95.1 Å². The molecule has 39 heavy (non-hydrogen) atoms. The molecule has 9 heteroatoms. The standard InChI is InChI=1S/C30H29FN6O2/c1-4-37-28-20-13-26(29(32)33-15-20)39-18(2)24-14-22(31)10-11-23(24)27-21(16-36(3)34-27)12-25(28)30(35-37)38-17-19-8-6-5-7-9-19/h5-11,13-16,18H,4,12,17H2,1-3H3,(H2,32,33)/t18-/m1/s1. The molecule has 1 atom stereocenters. The summed E-state index contributed by atoms with van der Waals surface area (Å²) in [7, 11) is 1.88. The molecule has 4 heterocycles. The summed E-state index contributed by atoms with van der Waals surface area (Å²) in [5.74, 6) is 0.855. The second kappa shape index (κ2) is 9.90. The summed E-state index contributed by atoms with van der Waals surface area (Å²) in [6, 6.07) is 16.6. The number of aromatic nitrogens is 5. The summed E-state index contributed by atoms with van der Waals surface area (Å²) in [6.45, 7) is 4.91. The van der Waals surface area contributed by atoms with Crippen LogP contribution in [0.15, 0.2) is 67.0 Å². The van der Waals surface area contributed by atoms with Crippen LogP contribution in [0, 0.1) is 5.82 Å². The Labute approximate surface area is 225 Å². The van der Waals surface area contributed by atoms with E-state index in [9.17, 15) is 4.39 Å². The number of hydrogen-bond acceptors (Lipinski definition) is 6. The molecule has 0 aliphatic carbocycles. The molecule has 0 saturated carbocycles. The average molecular weight is 525 g/mol. The van der Waals surface area contributed by atoms with Gasteiger partial charge in [0.05, 0.1) is 11.4 Å². The van der Waals surface area contributed by atoms with E-state index in [1.54, 1.807) is 16.9 Å². The lowest BCUT2D eigenvalue weighted by Gasteiger charge is -2.21. The number of nitrogens with two attached hydrogens (primary N) is 1. The van der Waals surface area contributed by atoms with E-state index in [1.165, 1.54) is 12.1 Å². The van der Waals surface area contributed by atoms with E-state index in [0.29, 0.717) is 36.8 Å². The normalized spacial score (nSPS) is 14.3. The van der Waals surface area contributed by atoms with Crippen molar-refractivity contribution < 1.29 is 13.9 Å². The van der Waals surface area contributed by atoms with Gasteiger partial charge in [-0.1, -0.05) is 30.3 Å². The van der Waals surface area contributed by atoms with Gasteiger partial charge in [0, 0.05) is 60.2 Å². The number of anilines is 1. The van der Waals surface area contributed by atoms with Crippen LogP contribution in [0.4, 0.5) is 10.2 Å². The fourth-order valence-corrected chi connectivity index (χ4v) is 5.13. The Hall–Kier alpha value is -4.66. The number of pyridine rings is 1. The second-order valence-electron chi connectivity index (χ2n) is 9.67. The number of nitrogens with zero attached hydrogens (tertiary/aromatic N) is 5. The molecule has 0 amide bonds. The Balaban J connectivity index is 1.58. The fraction of sp³-hybridized carbons (Fsp3) is 0.233. The molecule has 3 aromatic heterocycles. The molecule has 0 spiro atoms. The Morgan fingerprint density at radius 1 is 1.13 bits per heavy atom. The van der Waals surface area contributed by atoms with Gasteiger partial charge in [0.1, 0.15) is 18.5 Å². The molecular weight excluding hydrogens is 495 g/mol. The third kappa shape index (κ3) is 4.60. The zero-order chi connectivity index (χ0) is 27.1. The van der Waals surface area contributed by atoms with Gasteiger partial charge >= 0.3 is 0 Å². The van der Waals surface area contributed by atoms with Crippen LogP contribution >= 0.6 is 0 Å². The van der Waals surface area contributed by atoms with Crippen molar-refractivity contribution in [3.63, 3.8) is 0 Å². The SMILES string of the molecule is CCn1nc(OCc2ccccc2)c2c1-c1cnc(N)c(c1)O[C@H](C)c1cc(F)ccc1-c1nn(C)cc1C2. The van der Waals surface area contributed by atoms with E-state index in [1.807, 2.05) is 68.2 Å². The molecular formula is C30H29FN6O2. The summed E-state index contributed by atoms with van der Waals surface area (Å²) in [5.41, 5.74) is 13.0. The van der Waals surface area contributed by atoms with Crippen molar-refractivity contribution in [3.8, 4) is 34.1 Å². The van der Waals surface area contributed by atoms with E-state index < -0.39 is 6.10 Å². The summed E-state index contributed by atoms with van der Waals surface area (Å²) >= 11 is 0. The molecule has 0 unspecified atom stereocenters. The zero-order valence-electron chi connectivity index (χ0n) is 22.1.